The summed E-state index contributed by atoms with van der Waals surface area (Å²) in [7, 11) is -3.43. The van der Waals surface area contributed by atoms with E-state index in [1.807, 2.05) is 0 Å². The summed E-state index contributed by atoms with van der Waals surface area (Å²) in [5.41, 5.74) is -3.70. The average molecular weight is 519 g/mol. The molecule has 3 N–H and O–H groups in total. The third-order valence-corrected chi connectivity index (χ3v) is 6.51. The Hall–Kier alpha value is -4.27. The van der Waals surface area contributed by atoms with Crippen molar-refractivity contribution in [3.8, 4) is 11.5 Å². The van der Waals surface area contributed by atoms with E-state index in [1.165, 1.54) is 24.3 Å². The summed E-state index contributed by atoms with van der Waals surface area (Å²) < 4.78 is 48.7. The van der Waals surface area contributed by atoms with Crippen LogP contribution in [0.5, 0.6) is 11.5 Å². The minimum Gasteiger partial charge on any atom is -0.506 e. The molecule has 0 spiro atoms. The molecule has 0 fully saturated rings. The first-order valence-electron chi connectivity index (χ1n) is 9.98. The van der Waals surface area contributed by atoms with E-state index >= 15 is 0 Å². The first kappa shape index (κ1) is 24.8. The Morgan fingerprint density at radius 3 is 2.03 bits per heavy atom. The van der Waals surface area contributed by atoms with Crippen LogP contribution in [0.4, 0.5) is 5.69 Å². The Bertz CT molecular complexity index is 1510. The predicted molar refractivity (Wildman–Crippen MR) is 117 cm³/mol. The van der Waals surface area contributed by atoms with E-state index in [9.17, 15) is 42.4 Å². The Kier molecular flexibility index (Phi) is 6.03. The fourth-order valence-corrected chi connectivity index (χ4v) is 4.79. The number of esters is 2. The SMILES string of the molecule is COC(=O)C1=C(C(=O)OC)N(c2c(O)c(S(=O)(=O)O)c(O)c3c2C(=O)c2ccccc2C3=O)COC1. The van der Waals surface area contributed by atoms with Crippen LogP contribution in [-0.2, 0) is 33.9 Å². The van der Waals surface area contributed by atoms with E-state index in [4.69, 9.17) is 9.47 Å². The summed E-state index contributed by atoms with van der Waals surface area (Å²) in [5.74, 6) is -6.91. The molecule has 0 saturated carbocycles. The molecule has 0 saturated heterocycles. The molecule has 14 heteroatoms. The summed E-state index contributed by atoms with van der Waals surface area (Å²) >= 11 is 0. The highest BCUT2D eigenvalue weighted by atomic mass is 32.2. The number of ketones is 2. The van der Waals surface area contributed by atoms with Gasteiger partial charge in [-0.3, -0.25) is 14.1 Å². The summed E-state index contributed by atoms with van der Waals surface area (Å²) in [5, 5.41) is 21.7. The predicted octanol–water partition coefficient (Wildman–Crippen LogP) is 0.514. The van der Waals surface area contributed by atoms with Crippen molar-refractivity contribution in [2.24, 2.45) is 0 Å². The molecular weight excluding hydrogens is 502 g/mol. The minimum atomic E-state index is -5.41. The van der Waals surface area contributed by atoms with Crippen molar-refractivity contribution in [1.29, 1.82) is 0 Å². The van der Waals surface area contributed by atoms with E-state index in [2.05, 4.69) is 4.74 Å². The number of phenolic OH excluding ortho intramolecular Hbond substituents is 2. The number of benzene rings is 2. The van der Waals surface area contributed by atoms with Crippen molar-refractivity contribution < 1.29 is 56.6 Å². The van der Waals surface area contributed by atoms with Crippen LogP contribution in [-0.4, -0.2) is 74.2 Å². The number of nitrogens with zero attached hydrogens (tertiary/aromatic N) is 1. The minimum absolute atomic E-state index is 0.149. The molecule has 13 nitrogen and oxygen atoms in total. The Balaban J connectivity index is 2.18. The molecule has 0 atom stereocenters. The second-order valence-electron chi connectivity index (χ2n) is 7.52. The van der Waals surface area contributed by atoms with Gasteiger partial charge in [-0.2, -0.15) is 8.42 Å². The van der Waals surface area contributed by atoms with Crippen molar-refractivity contribution in [2.75, 3.05) is 32.5 Å². The maximum absolute atomic E-state index is 13.5. The number of hydrogen-bond acceptors (Lipinski definition) is 12. The normalized spacial score (nSPS) is 15.4. The number of anilines is 1. The fourth-order valence-electron chi connectivity index (χ4n) is 4.11. The maximum atomic E-state index is 13.5. The lowest BCUT2D eigenvalue weighted by atomic mass is 9.82. The van der Waals surface area contributed by atoms with Gasteiger partial charge in [0.15, 0.2) is 28.0 Å². The molecule has 1 heterocycles. The molecule has 2 aliphatic rings. The second-order valence-corrected chi connectivity index (χ2v) is 8.88. The van der Waals surface area contributed by atoms with Crippen molar-refractivity contribution in [3.63, 3.8) is 0 Å². The maximum Gasteiger partial charge on any atom is 0.355 e. The largest absolute Gasteiger partial charge is 0.506 e. The summed E-state index contributed by atoms with van der Waals surface area (Å²) in [6, 6.07) is 5.42. The number of hydrogen-bond donors (Lipinski definition) is 3. The topological polar surface area (TPSA) is 194 Å². The smallest absolute Gasteiger partial charge is 0.355 e. The second kappa shape index (κ2) is 8.75. The van der Waals surface area contributed by atoms with Crippen LogP contribution in [0.2, 0.25) is 0 Å². The number of fused-ring (bicyclic) bond motifs is 2. The van der Waals surface area contributed by atoms with Crippen molar-refractivity contribution >= 4 is 39.3 Å². The number of methoxy groups -OCH3 is 2. The number of ether oxygens (including phenoxy) is 3. The number of rotatable bonds is 4. The first-order valence-corrected chi connectivity index (χ1v) is 11.4. The van der Waals surface area contributed by atoms with Gasteiger partial charge in [-0.1, -0.05) is 24.3 Å². The van der Waals surface area contributed by atoms with Gasteiger partial charge in [0.05, 0.1) is 43.2 Å². The van der Waals surface area contributed by atoms with Gasteiger partial charge in [0, 0.05) is 11.1 Å². The summed E-state index contributed by atoms with van der Waals surface area (Å²) in [6.07, 6.45) is 0. The quantitative estimate of drug-likeness (QED) is 0.319. The highest BCUT2D eigenvalue weighted by molar-refractivity contribution is 7.86. The van der Waals surface area contributed by atoms with E-state index in [1.54, 1.807) is 0 Å². The van der Waals surface area contributed by atoms with Gasteiger partial charge in [-0.25, -0.2) is 9.59 Å². The van der Waals surface area contributed by atoms with Gasteiger partial charge < -0.3 is 29.3 Å². The van der Waals surface area contributed by atoms with Gasteiger partial charge >= 0.3 is 22.1 Å². The highest BCUT2D eigenvalue weighted by Crippen LogP contribution is 2.50. The van der Waals surface area contributed by atoms with Gasteiger partial charge in [-0.15, -0.1) is 0 Å². The Morgan fingerprint density at radius 1 is 0.944 bits per heavy atom. The van der Waals surface area contributed by atoms with Crippen LogP contribution in [0, 0.1) is 0 Å². The van der Waals surface area contributed by atoms with Crippen LogP contribution in [0.1, 0.15) is 31.8 Å². The fraction of sp³-hybridized carbons (Fsp3) is 0.182. The molecule has 1 aliphatic carbocycles. The zero-order chi connectivity index (χ0) is 26.5. The highest BCUT2D eigenvalue weighted by Gasteiger charge is 2.44. The Morgan fingerprint density at radius 2 is 1.50 bits per heavy atom. The molecule has 0 radical (unpaired) electrons. The molecule has 0 amide bonds. The van der Waals surface area contributed by atoms with Crippen LogP contribution < -0.4 is 4.90 Å². The molecular formula is C22H17NO12S. The average Bonchev–Trinajstić information content (AvgIpc) is 2.84. The van der Waals surface area contributed by atoms with Crippen molar-refractivity contribution in [2.45, 2.75) is 4.90 Å². The lowest BCUT2D eigenvalue weighted by Crippen LogP contribution is -2.40. The molecule has 0 unspecified atom stereocenters. The van der Waals surface area contributed by atoms with Crippen LogP contribution in [0.25, 0.3) is 0 Å². The lowest BCUT2D eigenvalue weighted by Gasteiger charge is -2.34. The molecule has 0 bridgehead atoms. The Labute approximate surface area is 202 Å². The summed E-state index contributed by atoms with van der Waals surface area (Å²) in [6.45, 7) is -1.11. The monoisotopic (exact) mass is 519 g/mol. The van der Waals surface area contributed by atoms with Crippen LogP contribution >= 0.6 is 0 Å². The molecule has 4 rings (SSSR count). The lowest BCUT2D eigenvalue weighted by molar-refractivity contribution is -0.140. The van der Waals surface area contributed by atoms with Gasteiger partial charge in [0.2, 0.25) is 0 Å². The van der Waals surface area contributed by atoms with Gasteiger partial charge in [0.1, 0.15) is 12.4 Å². The molecule has 0 aromatic heterocycles. The molecule has 36 heavy (non-hydrogen) atoms. The molecule has 2 aromatic rings. The molecule has 188 valence electrons. The summed E-state index contributed by atoms with van der Waals surface area (Å²) in [4.78, 5) is 51.1. The molecule has 2 aromatic carbocycles. The third-order valence-electron chi connectivity index (χ3n) is 5.61. The molecule has 1 aliphatic heterocycles. The third kappa shape index (κ3) is 3.59. The van der Waals surface area contributed by atoms with E-state index < -0.39 is 91.4 Å². The number of carbonyl (C=O) groups excluding carboxylic acids is 4. The first-order chi connectivity index (χ1) is 16.9. The van der Waals surface area contributed by atoms with Crippen LogP contribution in [0.15, 0.2) is 40.4 Å². The van der Waals surface area contributed by atoms with Crippen LogP contribution in [0.3, 0.4) is 0 Å². The van der Waals surface area contributed by atoms with E-state index in [0.717, 1.165) is 19.1 Å². The number of carbonyl (C=O) groups is 4. The zero-order valence-corrected chi connectivity index (χ0v) is 19.4. The van der Waals surface area contributed by atoms with E-state index in [0.29, 0.717) is 0 Å². The number of phenols is 2. The standard InChI is InChI=1S/C22H17NO12S/c1-33-21(28)11-7-35-8-23(14(11)22(29)34-2)15-12-13(18(26)20(19(15)27)36(30,31)32)17(25)10-6-4-3-5-9(10)16(12)24/h3-6,26-27H,7-8H2,1-2H3,(H,30,31,32). The van der Waals surface area contributed by atoms with Crippen molar-refractivity contribution in [3.05, 3.63) is 57.8 Å². The van der Waals surface area contributed by atoms with Gasteiger partial charge in [0.25, 0.3) is 0 Å². The van der Waals surface area contributed by atoms with E-state index in [-0.39, 0.29) is 11.1 Å². The zero-order valence-electron chi connectivity index (χ0n) is 18.6. The van der Waals surface area contributed by atoms with Gasteiger partial charge in [-0.05, 0) is 0 Å². The number of aromatic hydroxyl groups is 2. The van der Waals surface area contributed by atoms with Crippen molar-refractivity contribution in [1.82, 2.24) is 0 Å².